The molecule has 0 atom stereocenters. The van der Waals surface area contributed by atoms with Crippen LogP contribution in [0.1, 0.15) is 19.3 Å². The molecule has 2 aliphatic rings. The Bertz CT molecular complexity index is 132. The lowest BCUT2D eigenvalue weighted by Crippen LogP contribution is -2.69. The van der Waals surface area contributed by atoms with Crippen molar-refractivity contribution in [3.63, 3.8) is 0 Å². The first kappa shape index (κ1) is 4.50. The quantitative estimate of drug-likeness (QED) is 0.479. The first-order valence-corrected chi connectivity index (χ1v) is 3.12. The second kappa shape index (κ2) is 1.13. The highest BCUT2D eigenvalue weighted by Gasteiger charge is 2.49. The smallest absolute Gasteiger partial charge is 0.166 e. The Morgan fingerprint density at radius 1 is 1.50 bits per heavy atom. The van der Waals surface area contributed by atoms with Crippen LogP contribution in [0.2, 0.25) is 0 Å². The van der Waals surface area contributed by atoms with E-state index in [2.05, 4.69) is 5.32 Å². The fourth-order valence-electron chi connectivity index (χ4n) is 1.40. The number of carbonyl (C=O) groups is 1. The zero-order chi connectivity index (χ0) is 5.61. The average Bonchev–Trinajstić information content (AvgIpc) is 1.58. The molecule has 0 bridgehead atoms. The zero-order valence-electron chi connectivity index (χ0n) is 4.74. The van der Waals surface area contributed by atoms with Gasteiger partial charge in [0.05, 0.1) is 12.1 Å². The molecule has 2 heteroatoms. The Balaban J connectivity index is 2.14. The van der Waals surface area contributed by atoms with Gasteiger partial charge in [-0.3, -0.25) is 10.1 Å². The molecule has 1 saturated heterocycles. The Hall–Kier alpha value is -0.370. The van der Waals surface area contributed by atoms with E-state index in [-0.39, 0.29) is 5.54 Å². The molecule has 1 N–H and O–H groups in total. The van der Waals surface area contributed by atoms with E-state index in [0.717, 1.165) is 12.8 Å². The van der Waals surface area contributed by atoms with E-state index in [4.69, 9.17) is 0 Å². The maximum atomic E-state index is 10.8. The lowest BCUT2D eigenvalue weighted by Gasteiger charge is -2.48. The lowest BCUT2D eigenvalue weighted by atomic mass is 9.69. The predicted octanol–water partition coefficient (Wildman–Crippen LogP) is 0.0814. The number of nitrogens with one attached hydrogen (secondary N) is 1. The summed E-state index contributed by atoms with van der Waals surface area (Å²) in [5.74, 6) is 0.434. The number of carbonyl (C=O) groups excluding carboxylic acids is 1. The van der Waals surface area contributed by atoms with Gasteiger partial charge in [-0.2, -0.15) is 0 Å². The number of hydrogen-bond acceptors (Lipinski definition) is 2. The molecule has 1 aliphatic heterocycles. The van der Waals surface area contributed by atoms with Gasteiger partial charge in [-0.05, 0) is 19.3 Å². The second-order valence-electron chi connectivity index (χ2n) is 2.71. The fraction of sp³-hybridized carbons (Fsp3) is 0.833. The lowest BCUT2D eigenvalue weighted by molar-refractivity contribution is -0.136. The molecule has 0 aromatic carbocycles. The van der Waals surface area contributed by atoms with Crippen molar-refractivity contribution in [3.05, 3.63) is 0 Å². The van der Waals surface area contributed by atoms with E-state index in [1.54, 1.807) is 0 Å². The van der Waals surface area contributed by atoms with Crippen molar-refractivity contribution < 1.29 is 4.79 Å². The van der Waals surface area contributed by atoms with Crippen LogP contribution >= 0.6 is 0 Å². The summed E-state index contributed by atoms with van der Waals surface area (Å²) in [4.78, 5) is 10.8. The molecule has 8 heavy (non-hydrogen) atoms. The normalized spacial score (nSPS) is 31.8. The number of hydrogen-bond donors (Lipinski definition) is 1. The third-order valence-corrected chi connectivity index (χ3v) is 2.33. The van der Waals surface area contributed by atoms with Crippen LogP contribution in [0.25, 0.3) is 0 Å². The highest BCUT2D eigenvalue weighted by molar-refractivity contribution is 5.96. The first-order chi connectivity index (χ1) is 3.83. The summed E-state index contributed by atoms with van der Waals surface area (Å²) in [7, 11) is 0. The zero-order valence-corrected chi connectivity index (χ0v) is 4.74. The highest BCUT2D eigenvalue weighted by Crippen LogP contribution is 2.36. The summed E-state index contributed by atoms with van der Waals surface area (Å²) in [6.07, 6.45) is 3.41. The van der Waals surface area contributed by atoms with Gasteiger partial charge in [0.25, 0.3) is 0 Å². The van der Waals surface area contributed by atoms with E-state index in [1.807, 2.05) is 0 Å². The van der Waals surface area contributed by atoms with Gasteiger partial charge in [-0.25, -0.2) is 0 Å². The van der Waals surface area contributed by atoms with Crippen LogP contribution in [0.4, 0.5) is 0 Å². The van der Waals surface area contributed by atoms with Crippen LogP contribution in [-0.2, 0) is 4.79 Å². The molecule has 0 unspecified atom stereocenters. The molecule has 1 aliphatic carbocycles. The van der Waals surface area contributed by atoms with Crippen LogP contribution in [0.3, 0.4) is 0 Å². The van der Waals surface area contributed by atoms with Crippen LogP contribution in [-0.4, -0.2) is 17.9 Å². The van der Waals surface area contributed by atoms with Gasteiger partial charge in [0.2, 0.25) is 0 Å². The maximum absolute atomic E-state index is 10.8. The van der Waals surface area contributed by atoms with Gasteiger partial charge >= 0.3 is 0 Å². The van der Waals surface area contributed by atoms with Gasteiger partial charge in [-0.15, -0.1) is 0 Å². The maximum Gasteiger partial charge on any atom is 0.166 e. The van der Waals surface area contributed by atoms with E-state index in [0.29, 0.717) is 12.3 Å². The van der Waals surface area contributed by atoms with Gasteiger partial charge in [0.1, 0.15) is 0 Å². The monoisotopic (exact) mass is 111 g/mol. The van der Waals surface area contributed by atoms with Gasteiger partial charge in [0, 0.05) is 0 Å². The van der Waals surface area contributed by atoms with E-state index >= 15 is 0 Å². The van der Waals surface area contributed by atoms with Crippen molar-refractivity contribution in [2.75, 3.05) is 6.54 Å². The molecule has 1 spiro atoms. The predicted molar refractivity (Wildman–Crippen MR) is 29.6 cm³/mol. The molecule has 0 aromatic rings. The Morgan fingerprint density at radius 3 is 2.25 bits per heavy atom. The van der Waals surface area contributed by atoms with Crippen LogP contribution < -0.4 is 5.32 Å². The summed E-state index contributed by atoms with van der Waals surface area (Å²) in [5.41, 5.74) is 0.0139. The minimum Gasteiger partial charge on any atom is -0.298 e. The largest absolute Gasteiger partial charge is 0.298 e. The van der Waals surface area contributed by atoms with Crippen molar-refractivity contribution in [2.24, 2.45) is 0 Å². The van der Waals surface area contributed by atoms with Crippen LogP contribution in [0, 0.1) is 0 Å². The van der Waals surface area contributed by atoms with Crippen LogP contribution in [0.5, 0.6) is 0 Å². The van der Waals surface area contributed by atoms with Crippen molar-refractivity contribution in [1.29, 1.82) is 0 Å². The molecule has 44 valence electrons. The standard InChI is InChI=1S/C6H9NO/c8-5-4-7-6(5)2-1-3-6/h7H,1-4H2. The summed E-state index contributed by atoms with van der Waals surface area (Å²) in [5, 5.41) is 3.16. The molecule has 2 nitrogen and oxygen atoms in total. The minimum atomic E-state index is 0.0139. The molecule has 2 rings (SSSR count). The summed E-state index contributed by atoms with van der Waals surface area (Å²) >= 11 is 0. The Kier molecular flexibility index (Phi) is 0.637. The molecular weight excluding hydrogens is 102 g/mol. The van der Waals surface area contributed by atoms with E-state index in [1.165, 1.54) is 6.42 Å². The fourth-order valence-corrected chi connectivity index (χ4v) is 1.40. The molecule has 0 amide bonds. The summed E-state index contributed by atoms with van der Waals surface area (Å²) < 4.78 is 0. The molecule has 1 heterocycles. The summed E-state index contributed by atoms with van der Waals surface area (Å²) in [6.45, 7) is 0.625. The van der Waals surface area contributed by atoms with E-state index in [9.17, 15) is 4.79 Å². The average molecular weight is 111 g/mol. The second-order valence-corrected chi connectivity index (χ2v) is 2.71. The molecule has 1 saturated carbocycles. The third kappa shape index (κ3) is 0.313. The Morgan fingerprint density at radius 2 is 2.25 bits per heavy atom. The van der Waals surface area contributed by atoms with Gasteiger partial charge in [0.15, 0.2) is 5.78 Å². The highest BCUT2D eigenvalue weighted by atomic mass is 16.1. The van der Waals surface area contributed by atoms with Crippen LogP contribution in [0.15, 0.2) is 0 Å². The van der Waals surface area contributed by atoms with E-state index < -0.39 is 0 Å². The van der Waals surface area contributed by atoms with Gasteiger partial charge in [-0.1, -0.05) is 0 Å². The van der Waals surface area contributed by atoms with Crippen molar-refractivity contribution in [2.45, 2.75) is 24.8 Å². The third-order valence-electron chi connectivity index (χ3n) is 2.33. The minimum absolute atomic E-state index is 0.0139. The van der Waals surface area contributed by atoms with Crippen molar-refractivity contribution in [3.8, 4) is 0 Å². The topological polar surface area (TPSA) is 29.1 Å². The molecule has 0 aromatic heterocycles. The molecule has 0 radical (unpaired) electrons. The first-order valence-electron chi connectivity index (χ1n) is 3.12. The Labute approximate surface area is 48.3 Å². The molecular formula is C6H9NO. The molecule has 2 fully saturated rings. The van der Waals surface area contributed by atoms with Gasteiger partial charge < -0.3 is 0 Å². The number of Topliss-reactive ketones (excluding diaryl/α,β-unsaturated/α-hetero) is 1. The number of rotatable bonds is 0. The van der Waals surface area contributed by atoms with Crippen molar-refractivity contribution in [1.82, 2.24) is 5.32 Å². The van der Waals surface area contributed by atoms with Crippen molar-refractivity contribution >= 4 is 5.78 Å². The number of ketones is 1. The summed E-state index contributed by atoms with van der Waals surface area (Å²) in [6, 6.07) is 0. The SMILES string of the molecule is O=C1CNC12CCC2.